The first-order valence-electron chi connectivity index (χ1n) is 22.4. The summed E-state index contributed by atoms with van der Waals surface area (Å²) in [7, 11) is 4.81. The van der Waals surface area contributed by atoms with Gasteiger partial charge in [0.1, 0.15) is 11.1 Å². The van der Waals surface area contributed by atoms with Crippen molar-refractivity contribution in [3.8, 4) is 0 Å². The summed E-state index contributed by atoms with van der Waals surface area (Å²) < 4.78 is 22.7. The molecule has 10 rings (SSSR count). The Balaban J connectivity index is 0.000000174. The number of methoxy groups -OCH3 is 4. The molecule has 2 saturated heterocycles. The van der Waals surface area contributed by atoms with Gasteiger partial charge in [-0.1, -0.05) is 97.1 Å². The van der Waals surface area contributed by atoms with Crippen LogP contribution >= 0.6 is 0 Å². The Kier molecular flexibility index (Phi) is 12.8. The number of aromatic nitrogens is 4. The molecule has 0 N–H and O–H groups in total. The number of esters is 4. The molecule has 6 heterocycles. The van der Waals surface area contributed by atoms with Crippen LogP contribution in [0.15, 0.2) is 121 Å². The largest absolute Gasteiger partial charge is 0.465 e. The van der Waals surface area contributed by atoms with Crippen LogP contribution in [-0.2, 0) is 63.8 Å². The minimum atomic E-state index is -0.792. The molecule has 2 aromatic heterocycles. The van der Waals surface area contributed by atoms with Crippen LogP contribution in [-0.4, -0.2) is 95.5 Å². The number of imide groups is 2. The molecule has 0 spiro atoms. The van der Waals surface area contributed by atoms with Crippen molar-refractivity contribution in [1.82, 2.24) is 19.6 Å². The van der Waals surface area contributed by atoms with Crippen LogP contribution in [0.25, 0.3) is 0 Å². The zero-order valence-electron chi connectivity index (χ0n) is 38.4. The molecule has 18 heteroatoms. The normalized spacial score (nSPS) is 20.9. The summed E-state index contributed by atoms with van der Waals surface area (Å²) in [6.45, 7) is 0. The number of fused-ring (bicyclic) bond motifs is 4. The first kappa shape index (κ1) is 46.6. The Bertz CT molecular complexity index is 2840. The molecule has 0 aliphatic carbocycles. The van der Waals surface area contributed by atoms with E-state index >= 15 is 0 Å². The maximum Gasteiger partial charge on any atom is 0.359 e. The van der Waals surface area contributed by atoms with E-state index in [0.29, 0.717) is 35.6 Å². The lowest BCUT2D eigenvalue weighted by molar-refractivity contribution is -0.124. The van der Waals surface area contributed by atoms with Crippen LogP contribution in [0.5, 0.6) is 0 Å². The third-order valence-corrected chi connectivity index (χ3v) is 13.4. The average molecular weight is 947 g/mol. The van der Waals surface area contributed by atoms with E-state index in [2.05, 4.69) is 10.2 Å². The van der Waals surface area contributed by atoms with Gasteiger partial charge in [0.25, 0.3) is 0 Å². The molecule has 70 heavy (non-hydrogen) atoms. The fraction of sp³-hybridized carbons (Fsp3) is 0.269. The molecular formula is C52H46N6O12. The number of benzene rings is 4. The van der Waals surface area contributed by atoms with Gasteiger partial charge >= 0.3 is 23.9 Å². The van der Waals surface area contributed by atoms with Crippen molar-refractivity contribution in [3.05, 3.63) is 166 Å². The molecule has 6 atom stereocenters. The van der Waals surface area contributed by atoms with E-state index in [9.17, 15) is 38.4 Å². The zero-order valence-corrected chi connectivity index (χ0v) is 38.4. The Morgan fingerprint density at radius 3 is 1.09 bits per heavy atom. The van der Waals surface area contributed by atoms with Crippen molar-refractivity contribution in [1.29, 1.82) is 0 Å². The van der Waals surface area contributed by atoms with Crippen LogP contribution in [0.3, 0.4) is 0 Å². The van der Waals surface area contributed by atoms with E-state index in [4.69, 9.17) is 18.9 Å². The van der Waals surface area contributed by atoms with Crippen LogP contribution in [0.2, 0.25) is 0 Å². The Morgan fingerprint density at radius 2 is 0.771 bits per heavy atom. The zero-order chi connectivity index (χ0) is 49.4. The summed E-state index contributed by atoms with van der Waals surface area (Å²) in [5.74, 6) is -7.28. The van der Waals surface area contributed by atoms with Gasteiger partial charge in [-0.3, -0.25) is 28.5 Å². The summed E-state index contributed by atoms with van der Waals surface area (Å²) in [5, 5.41) is 8.89. The molecule has 4 amide bonds. The average Bonchev–Trinajstić information content (AvgIpc) is 4.11. The maximum absolute atomic E-state index is 13.7. The molecule has 0 bridgehead atoms. The number of carbonyl (C=O) groups excluding carboxylic acids is 8. The lowest BCUT2D eigenvalue weighted by Crippen LogP contribution is -2.38. The monoisotopic (exact) mass is 946 g/mol. The highest BCUT2D eigenvalue weighted by molar-refractivity contribution is 6.23. The van der Waals surface area contributed by atoms with E-state index < -0.39 is 59.6 Å². The fourth-order valence-electron chi connectivity index (χ4n) is 10.3. The van der Waals surface area contributed by atoms with Gasteiger partial charge in [-0.05, 0) is 48.2 Å². The van der Waals surface area contributed by atoms with Crippen LogP contribution < -0.4 is 9.80 Å². The summed E-state index contributed by atoms with van der Waals surface area (Å²) in [4.78, 5) is 107. The summed E-state index contributed by atoms with van der Waals surface area (Å²) in [6, 6.07) is 35.4. The van der Waals surface area contributed by atoms with Crippen molar-refractivity contribution in [2.24, 2.45) is 23.7 Å². The summed E-state index contributed by atoms with van der Waals surface area (Å²) >= 11 is 0. The molecule has 2 fully saturated rings. The minimum absolute atomic E-state index is 0.0331. The Morgan fingerprint density at radius 1 is 0.457 bits per heavy atom. The number of nitrogens with zero attached hydrogens (tertiary/aromatic N) is 6. The molecule has 0 unspecified atom stereocenters. The second-order valence-electron chi connectivity index (χ2n) is 17.1. The second-order valence-corrected chi connectivity index (χ2v) is 17.1. The van der Waals surface area contributed by atoms with Crippen LogP contribution in [0.1, 0.15) is 76.3 Å². The van der Waals surface area contributed by atoms with Gasteiger partial charge in [0, 0.05) is 12.8 Å². The quantitative estimate of drug-likeness (QED) is 0.0980. The minimum Gasteiger partial charge on any atom is -0.465 e. The Labute approximate surface area is 400 Å². The van der Waals surface area contributed by atoms with Crippen molar-refractivity contribution in [2.45, 2.75) is 37.8 Å². The van der Waals surface area contributed by atoms with Crippen LogP contribution in [0, 0.1) is 23.7 Å². The highest BCUT2D eigenvalue weighted by atomic mass is 16.5. The molecule has 6 aromatic rings. The van der Waals surface area contributed by atoms with E-state index in [-0.39, 0.29) is 59.0 Å². The first-order chi connectivity index (χ1) is 33.9. The number of carbonyl (C=O) groups is 8. The number of anilines is 2. The van der Waals surface area contributed by atoms with E-state index in [1.165, 1.54) is 38.2 Å². The van der Waals surface area contributed by atoms with Gasteiger partial charge in [0.2, 0.25) is 23.6 Å². The Hall–Kier alpha value is -8.54. The maximum atomic E-state index is 13.7. The number of hydrogen-bond donors (Lipinski definition) is 0. The van der Waals surface area contributed by atoms with E-state index in [1.54, 1.807) is 57.9 Å². The van der Waals surface area contributed by atoms with Crippen molar-refractivity contribution in [3.63, 3.8) is 0 Å². The predicted molar refractivity (Wildman–Crippen MR) is 247 cm³/mol. The van der Waals surface area contributed by atoms with Crippen LogP contribution in [0.4, 0.5) is 11.4 Å². The first-order valence-corrected chi connectivity index (χ1v) is 22.4. The number of para-hydroxylation sites is 2. The second kappa shape index (κ2) is 19.2. The molecule has 0 saturated carbocycles. The molecule has 356 valence electrons. The third kappa shape index (κ3) is 7.99. The number of hydrogen-bond acceptors (Lipinski definition) is 14. The van der Waals surface area contributed by atoms with E-state index in [0.717, 1.165) is 11.1 Å². The molecule has 4 aliphatic heterocycles. The van der Waals surface area contributed by atoms with Crippen molar-refractivity contribution < 1.29 is 57.3 Å². The van der Waals surface area contributed by atoms with Gasteiger partial charge < -0.3 is 18.9 Å². The topological polar surface area (TPSA) is 216 Å². The lowest BCUT2D eigenvalue weighted by atomic mass is 9.79. The summed E-state index contributed by atoms with van der Waals surface area (Å²) in [6.07, 6.45) is 0.885. The van der Waals surface area contributed by atoms with E-state index in [1.807, 2.05) is 72.8 Å². The van der Waals surface area contributed by atoms with Gasteiger partial charge in [0.05, 0.1) is 87.0 Å². The smallest absolute Gasteiger partial charge is 0.359 e. The molecule has 4 aromatic carbocycles. The highest BCUT2D eigenvalue weighted by Crippen LogP contribution is 2.47. The van der Waals surface area contributed by atoms with Crippen molar-refractivity contribution >= 4 is 58.9 Å². The van der Waals surface area contributed by atoms with Gasteiger partial charge in [-0.25, -0.2) is 29.0 Å². The molecule has 18 nitrogen and oxygen atoms in total. The predicted octanol–water partition coefficient (Wildman–Crippen LogP) is 5.20. The lowest BCUT2D eigenvalue weighted by Gasteiger charge is -2.32. The number of amides is 4. The van der Waals surface area contributed by atoms with Gasteiger partial charge in [-0.15, -0.1) is 0 Å². The van der Waals surface area contributed by atoms with Gasteiger partial charge in [-0.2, -0.15) is 10.2 Å². The molecular weight excluding hydrogens is 901 g/mol. The highest BCUT2D eigenvalue weighted by Gasteiger charge is 2.58. The van der Waals surface area contributed by atoms with Gasteiger partial charge in [0.15, 0.2) is 11.4 Å². The molecule has 4 aliphatic rings. The third-order valence-electron chi connectivity index (χ3n) is 13.4. The SMILES string of the molecule is COC(=O)c1nn2c(c1C(=O)OC)C[C@@H]1C(=O)N(c3ccccc3)C(=O)[C@@H]1[C@@H]2Cc1ccccc1.COC(=O)c1nn2c(c1C(=O)OC)C[C@H]1C(=O)N(c3ccccc3)C(=O)[C@H]1[C@H]2Cc1ccccc1. The van der Waals surface area contributed by atoms with Crippen molar-refractivity contribution in [2.75, 3.05) is 38.2 Å². The molecule has 0 radical (unpaired) electrons. The summed E-state index contributed by atoms with van der Waals surface area (Å²) in [5.41, 5.74) is 3.18. The standard InChI is InChI=1S/2C26H23N3O6/c2*1-34-25(32)21-19-14-17-20(24(31)28(23(17)30)16-11-7-4-8-12-16)18(13-15-9-5-3-6-10-15)29(19)27-22(21)26(33)35-2/h2*3-12,17-18,20H,13-14H2,1-2H3/t2*17-,18-,20-/m10/s1. The fourth-order valence-corrected chi connectivity index (χ4v) is 10.3. The number of rotatable bonds is 10. The number of ether oxygens (including phenoxy) is 4.